The Kier molecular flexibility index (Phi) is 4.34. The summed E-state index contributed by atoms with van der Waals surface area (Å²) < 4.78 is 1.56. The summed E-state index contributed by atoms with van der Waals surface area (Å²) in [5.74, 6) is -1.20. The minimum absolute atomic E-state index is 0.157. The van der Waals surface area contributed by atoms with E-state index in [-0.39, 0.29) is 6.04 Å². The molecule has 1 aromatic carbocycles. The molecule has 3 rings (SSSR count). The van der Waals surface area contributed by atoms with Gasteiger partial charge < -0.3 is 10.2 Å². The number of amides is 2. The van der Waals surface area contributed by atoms with Gasteiger partial charge in [0.05, 0.1) is 17.9 Å². The van der Waals surface area contributed by atoms with E-state index in [2.05, 4.69) is 10.4 Å². The Labute approximate surface area is 139 Å². The SMILES string of the molecule is Cn1cc(NC(=O)C(=O)N2CCC[C@H]2c2ccccc2Cl)cn1. The number of nitrogens with one attached hydrogen (secondary N) is 1. The van der Waals surface area contributed by atoms with Gasteiger partial charge in [0.25, 0.3) is 0 Å². The smallest absolute Gasteiger partial charge is 0.314 e. The van der Waals surface area contributed by atoms with Crippen molar-refractivity contribution in [2.75, 3.05) is 11.9 Å². The van der Waals surface area contributed by atoms with Crippen LogP contribution in [0.5, 0.6) is 0 Å². The third-order valence-electron chi connectivity index (χ3n) is 3.93. The van der Waals surface area contributed by atoms with Crippen molar-refractivity contribution >= 4 is 29.1 Å². The maximum Gasteiger partial charge on any atom is 0.314 e. The summed E-state index contributed by atoms with van der Waals surface area (Å²) in [5, 5.41) is 7.16. The van der Waals surface area contributed by atoms with Gasteiger partial charge in [-0.05, 0) is 24.5 Å². The molecular weight excluding hydrogens is 316 g/mol. The normalized spacial score (nSPS) is 17.3. The van der Waals surface area contributed by atoms with Gasteiger partial charge in [0.2, 0.25) is 0 Å². The molecule has 7 heteroatoms. The minimum Gasteiger partial charge on any atom is -0.327 e. The van der Waals surface area contributed by atoms with Crippen molar-refractivity contribution in [1.29, 1.82) is 0 Å². The summed E-state index contributed by atoms with van der Waals surface area (Å²) in [6, 6.07) is 7.28. The van der Waals surface area contributed by atoms with E-state index in [4.69, 9.17) is 11.6 Å². The lowest BCUT2D eigenvalue weighted by Crippen LogP contribution is -2.39. The Hall–Kier alpha value is -2.34. The van der Waals surface area contributed by atoms with Gasteiger partial charge in [-0.3, -0.25) is 14.3 Å². The van der Waals surface area contributed by atoms with Crippen molar-refractivity contribution < 1.29 is 9.59 Å². The average Bonchev–Trinajstić information content (AvgIpc) is 3.16. The van der Waals surface area contributed by atoms with E-state index in [0.717, 1.165) is 18.4 Å². The molecule has 2 amide bonds. The van der Waals surface area contributed by atoms with Gasteiger partial charge in [-0.25, -0.2) is 0 Å². The topological polar surface area (TPSA) is 67.2 Å². The first-order chi connectivity index (χ1) is 11.1. The lowest BCUT2D eigenvalue weighted by Gasteiger charge is -2.25. The second-order valence-electron chi connectivity index (χ2n) is 5.53. The highest BCUT2D eigenvalue weighted by molar-refractivity contribution is 6.39. The van der Waals surface area contributed by atoms with Crippen LogP contribution in [-0.2, 0) is 16.6 Å². The van der Waals surface area contributed by atoms with Crippen LogP contribution in [0.2, 0.25) is 5.02 Å². The molecule has 1 atom stereocenters. The highest BCUT2D eigenvalue weighted by atomic mass is 35.5. The number of carbonyl (C=O) groups excluding carboxylic acids is 2. The van der Waals surface area contributed by atoms with Gasteiger partial charge in [-0.1, -0.05) is 29.8 Å². The largest absolute Gasteiger partial charge is 0.327 e. The fourth-order valence-corrected chi connectivity index (χ4v) is 3.14. The monoisotopic (exact) mass is 332 g/mol. The zero-order chi connectivity index (χ0) is 16.4. The third kappa shape index (κ3) is 3.22. The van der Waals surface area contributed by atoms with E-state index in [1.54, 1.807) is 28.9 Å². The van der Waals surface area contributed by atoms with Crippen LogP contribution in [0, 0.1) is 0 Å². The molecule has 6 nitrogen and oxygen atoms in total. The quantitative estimate of drug-likeness (QED) is 0.859. The molecule has 0 radical (unpaired) electrons. The molecule has 0 unspecified atom stereocenters. The highest BCUT2D eigenvalue weighted by Crippen LogP contribution is 2.35. The van der Waals surface area contributed by atoms with Crippen molar-refractivity contribution in [2.45, 2.75) is 18.9 Å². The first-order valence-corrected chi connectivity index (χ1v) is 7.79. The number of aromatic nitrogens is 2. The van der Waals surface area contributed by atoms with E-state index >= 15 is 0 Å². The standard InChI is InChI=1S/C16H17ClN4O2/c1-20-10-11(9-18-20)19-15(22)16(23)21-8-4-7-14(21)12-5-2-3-6-13(12)17/h2-3,5-6,9-10,14H,4,7-8H2,1H3,(H,19,22)/t14-/m0/s1. The van der Waals surface area contributed by atoms with Gasteiger partial charge in [0.15, 0.2) is 0 Å². The molecule has 0 saturated carbocycles. The second kappa shape index (κ2) is 6.42. The Bertz CT molecular complexity index is 743. The summed E-state index contributed by atoms with van der Waals surface area (Å²) in [4.78, 5) is 26.3. The van der Waals surface area contributed by atoms with Crippen molar-refractivity contribution in [1.82, 2.24) is 14.7 Å². The number of hydrogen-bond acceptors (Lipinski definition) is 3. The van der Waals surface area contributed by atoms with Gasteiger partial charge in [0, 0.05) is 24.8 Å². The number of benzene rings is 1. The Balaban J connectivity index is 1.75. The highest BCUT2D eigenvalue weighted by Gasteiger charge is 2.34. The van der Waals surface area contributed by atoms with Crippen LogP contribution in [0.4, 0.5) is 5.69 Å². The molecule has 1 aromatic heterocycles. The fourth-order valence-electron chi connectivity index (χ4n) is 2.88. The van der Waals surface area contributed by atoms with Crippen molar-refractivity contribution in [3.63, 3.8) is 0 Å². The van der Waals surface area contributed by atoms with E-state index in [9.17, 15) is 9.59 Å². The summed E-state index contributed by atoms with van der Waals surface area (Å²) >= 11 is 6.24. The average molecular weight is 333 g/mol. The predicted molar refractivity (Wildman–Crippen MR) is 87.0 cm³/mol. The molecule has 1 N–H and O–H groups in total. The molecule has 1 aliphatic heterocycles. The minimum atomic E-state index is -0.656. The van der Waals surface area contributed by atoms with E-state index in [1.807, 2.05) is 18.2 Å². The van der Waals surface area contributed by atoms with E-state index < -0.39 is 11.8 Å². The molecule has 1 fully saturated rings. The lowest BCUT2D eigenvalue weighted by atomic mass is 10.0. The Morgan fingerprint density at radius 1 is 1.35 bits per heavy atom. The van der Waals surface area contributed by atoms with Crippen LogP contribution >= 0.6 is 11.6 Å². The molecular formula is C16H17ClN4O2. The van der Waals surface area contributed by atoms with Crippen LogP contribution in [0.25, 0.3) is 0 Å². The Morgan fingerprint density at radius 2 is 2.13 bits per heavy atom. The zero-order valence-corrected chi connectivity index (χ0v) is 13.5. The lowest BCUT2D eigenvalue weighted by molar-refractivity contribution is -0.143. The first kappa shape index (κ1) is 15.6. The van der Waals surface area contributed by atoms with Gasteiger partial charge in [-0.15, -0.1) is 0 Å². The molecule has 2 aromatic rings. The molecule has 0 bridgehead atoms. The molecule has 23 heavy (non-hydrogen) atoms. The van der Waals surface area contributed by atoms with E-state index in [0.29, 0.717) is 17.3 Å². The number of likely N-dealkylation sites (tertiary alicyclic amines) is 1. The summed E-state index contributed by atoms with van der Waals surface area (Å²) in [7, 11) is 1.74. The molecule has 1 aliphatic rings. The predicted octanol–water partition coefficient (Wildman–Crippen LogP) is 2.38. The van der Waals surface area contributed by atoms with Crippen LogP contribution in [0.1, 0.15) is 24.4 Å². The molecule has 1 saturated heterocycles. The number of carbonyl (C=O) groups is 2. The molecule has 0 aliphatic carbocycles. The second-order valence-corrected chi connectivity index (χ2v) is 5.94. The molecule has 120 valence electrons. The molecule has 0 spiro atoms. The number of hydrogen-bond donors (Lipinski definition) is 1. The number of anilines is 1. The third-order valence-corrected chi connectivity index (χ3v) is 4.28. The molecule has 2 heterocycles. The van der Waals surface area contributed by atoms with Crippen molar-refractivity contribution in [2.24, 2.45) is 7.05 Å². The van der Waals surface area contributed by atoms with Gasteiger partial charge in [0.1, 0.15) is 0 Å². The van der Waals surface area contributed by atoms with Gasteiger partial charge >= 0.3 is 11.8 Å². The summed E-state index contributed by atoms with van der Waals surface area (Å²) in [5.41, 5.74) is 1.38. The Morgan fingerprint density at radius 3 is 2.83 bits per heavy atom. The number of nitrogens with zero attached hydrogens (tertiary/aromatic N) is 3. The maximum absolute atomic E-state index is 12.5. The van der Waals surface area contributed by atoms with Crippen molar-refractivity contribution in [3.8, 4) is 0 Å². The van der Waals surface area contributed by atoms with Crippen molar-refractivity contribution in [3.05, 3.63) is 47.2 Å². The number of aryl methyl sites for hydroxylation is 1. The number of rotatable bonds is 2. The summed E-state index contributed by atoms with van der Waals surface area (Å²) in [6.45, 7) is 0.551. The first-order valence-electron chi connectivity index (χ1n) is 7.41. The van der Waals surface area contributed by atoms with Crippen LogP contribution in [0.3, 0.4) is 0 Å². The van der Waals surface area contributed by atoms with Crippen LogP contribution < -0.4 is 5.32 Å². The van der Waals surface area contributed by atoms with Gasteiger partial charge in [-0.2, -0.15) is 5.10 Å². The number of halogens is 1. The van der Waals surface area contributed by atoms with Crippen LogP contribution in [0.15, 0.2) is 36.7 Å². The van der Waals surface area contributed by atoms with Crippen LogP contribution in [-0.4, -0.2) is 33.0 Å². The zero-order valence-electron chi connectivity index (χ0n) is 12.7. The van der Waals surface area contributed by atoms with E-state index in [1.165, 1.54) is 6.20 Å². The fraction of sp³-hybridized carbons (Fsp3) is 0.312. The summed E-state index contributed by atoms with van der Waals surface area (Å²) in [6.07, 6.45) is 4.79. The maximum atomic E-state index is 12.5.